The van der Waals surface area contributed by atoms with Crippen LogP contribution in [0.2, 0.25) is 0 Å². The number of terminal acetylenes is 1. The lowest BCUT2D eigenvalue weighted by molar-refractivity contribution is -0.119. The zero-order valence-electron chi connectivity index (χ0n) is 11.2. The molecule has 1 aromatic rings. The number of nitrogens with zero attached hydrogens (tertiary/aromatic N) is 2. The molecule has 0 unspecified atom stereocenters. The average molecular weight is 274 g/mol. The number of hydrogen-bond donors (Lipinski definition) is 2. The first-order valence-electron chi connectivity index (χ1n) is 6.37. The van der Waals surface area contributed by atoms with Crippen LogP contribution < -0.4 is 21.1 Å². The highest BCUT2D eigenvalue weighted by Gasteiger charge is 2.19. The van der Waals surface area contributed by atoms with Gasteiger partial charge in [-0.15, -0.1) is 0 Å². The first-order chi connectivity index (χ1) is 9.60. The molecule has 0 spiro atoms. The summed E-state index contributed by atoms with van der Waals surface area (Å²) in [6, 6.07) is 5.40. The number of ether oxygens (including phenoxy) is 1. The van der Waals surface area contributed by atoms with E-state index in [1.165, 1.54) is 0 Å². The van der Waals surface area contributed by atoms with E-state index in [1.807, 2.05) is 11.0 Å². The fourth-order valence-electron chi connectivity index (χ4n) is 2.32. The predicted octanol–water partition coefficient (Wildman–Crippen LogP) is -0.154. The Balaban J connectivity index is 2.00. The van der Waals surface area contributed by atoms with Gasteiger partial charge in [-0.1, -0.05) is 6.42 Å². The molecular weight excluding hydrogens is 256 g/mol. The number of primary amides is 1. The van der Waals surface area contributed by atoms with Crippen molar-refractivity contribution in [2.24, 2.45) is 5.73 Å². The van der Waals surface area contributed by atoms with Crippen LogP contribution in [0.5, 0.6) is 5.75 Å². The zero-order chi connectivity index (χ0) is 14.5. The van der Waals surface area contributed by atoms with Crippen molar-refractivity contribution in [1.82, 2.24) is 4.90 Å². The highest BCUT2D eigenvalue weighted by Crippen LogP contribution is 2.28. The van der Waals surface area contributed by atoms with E-state index in [0.717, 1.165) is 31.9 Å². The van der Waals surface area contributed by atoms with Gasteiger partial charge in [0, 0.05) is 32.2 Å². The standard InChI is InChI=1S/C14H18N4O2/c1-2-20-11-3-4-13(12(15)9-11)18-7-5-17(6-8-18)10-14(16)19/h1,3-4,9H,5-8,10,15H2,(H2,16,19). The number of benzene rings is 1. The fraction of sp³-hybridized carbons (Fsp3) is 0.357. The molecule has 6 nitrogen and oxygen atoms in total. The van der Waals surface area contributed by atoms with Crippen molar-refractivity contribution < 1.29 is 9.53 Å². The Morgan fingerprint density at radius 3 is 2.60 bits per heavy atom. The van der Waals surface area contributed by atoms with Gasteiger partial charge in [-0.2, -0.15) is 0 Å². The van der Waals surface area contributed by atoms with E-state index in [0.29, 0.717) is 18.0 Å². The highest BCUT2D eigenvalue weighted by atomic mass is 16.5. The maximum Gasteiger partial charge on any atom is 0.231 e. The van der Waals surface area contributed by atoms with Crippen molar-refractivity contribution in [3.63, 3.8) is 0 Å². The maximum absolute atomic E-state index is 10.9. The number of rotatable bonds is 4. The molecule has 4 N–H and O–H groups in total. The molecule has 1 fully saturated rings. The molecule has 0 saturated carbocycles. The third-order valence-corrected chi connectivity index (χ3v) is 3.27. The first kappa shape index (κ1) is 14.0. The molecule has 1 aliphatic rings. The van der Waals surface area contributed by atoms with Crippen LogP contribution in [0.3, 0.4) is 0 Å². The second kappa shape index (κ2) is 6.17. The number of hydrogen-bond acceptors (Lipinski definition) is 5. The highest BCUT2D eigenvalue weighted by molar-refractivity contribution is 5.76. The number of piperazine rings is 1. The van der Waals surface area contributed by atoms with Gasteiger partial charge in [0.15, 0.2) is 0 Å². The van der Waals surface area contributed by atoms with Crippen molar-refractivity contribution in [3.8, 4) is 18.3 Å². The molecule has 20 heavy (non-hydrogen) atoms. The summed E-state index contributed by atoms with van der Waals surface area (Å²) in [5.41, 5.74) is 12.8. The molecular formula is C14H18N4O2. The van der Waals surface area contributed by atoms with Crippen LogP contribution in [0.15, 0.2) is 18.2 Å². The summed E-state index contributed by atoms with van der Waals surface area (Å²) in [5, 5.41) is 0. The Morgan fingerprint density at radius 2 is 2.05 bits per heavy atom. The van der Waals surface area contributed by atoms with Gasteiger partial charge in [-0.05, 0) is 12.1 Å². The van der Waals surface area contributed by atoms with E-state index in [9.17, 15) is 4.79 Å². The van der Waals surface area contributed by atoms with Gasteiger partial charge in [0.1, 0.15) is 11.9 Å². The number of nitrogens with two attached hydrogens (primary N) is 2. The second-order valence-electron chi connectivity index (χ2n) is 4.67. The minimum atomic E-state index is -0.297. The molecule has 0 aromatic heterocycles. The lowest BCUT2D eigenvalue weighted by Gasteiger charge is -2.36. The lowest BCUT2D eigenvalue weighted by Crippen LogP contribution is -2.49. The van der Waals surface area contributed by atoms with Crippen molar-refractivity contribution in [3.05, 3.63) is 18.2 Å². The summed E-state index contributed by atoms with van der Waals surface area (Å²) in [6.45, 7) is 3.47. The second-order valence-corrected chi connectivity index (χ2v) is 4.67. The maximum atomic E-state index is 10.9. The monoisotopic (exact) mass is 274 g/mol. The van der Waals surface area contributed by atoms with Crippen molar-refractivity contribution >= 4 is 17.3 Å². The fourth-order valence-corrected chi connectivity index (χ4v) is 2.32. The number of carbonyl (C=O) groups excluding carboxylic acids is 1. The number of nitrogen functional groups attached to an aromatic ring is 1. The van der Waals surface area contributed by atoms with Gasteiger partial charge in [-0.3, -0.25) is 9.69 Å². The molecule has 1 amide bonds. The lowest BCUT2D eigenvalue weighted by atomic mass is 10.2. The normalized spacial score (nSPS) is 15.7. The molecule has 1 aliphatic heterocycles. The topological polar surface area (TPSA) is 84.8 Å². The SMILES string of the molecule is C#COc1ccc(N2CCN(CC(N)=O)CC2)c(N)c1. The Morgan fingerprint density at radius 1 is 1.35 bits per heavy atom. The molecule has 0 radical (unpaired) electrons. The van der Waals surface area contributed by atoms with Gasteiger partial charge in [0.25, 0.3) is 0 Å². The zero-order valence-corrected chi connectivity index (χ0v) is 11.2. The van der Waals surface area contributed by atoms with Crippen LogP contribution in [0.25, 0.3) is 0 Å². The van der Waals surface area contributed by atoms with Gasteiger partial charge >= 0.3 is 0 Å². The number of carbonyl (C=O) groups is 1. The van der Waals surface area contributed by atoms with E-state index in [4.69, 9.17) is 22.6 Å². The molecule has 0 atom stereocenters. The molecule has 6 heteroatoms. The summed E-state index contributed by atoms with van der Waals surface area (Å²) >= 11 is 0. The molecule has 106 valence electrons. The van der Waals surface area contributed by atoms with E-state index in [2.05, 4.69) is 11.0 Å². The van der Waals surface area contributed by atoms with E-state index >= 15 is 0 Å². The average Bonchev–Trinajstić information content (AvgIpc) is 2.40. The number of amides is 1. The molecule has 1 heterocycles. The summed E-state index contributed by atoms with van der Waals surface area (Å²) in [7, 11) is 0. The Labute approximate surface area is 118 Å². The third-order valence-electron chi connectivity index (χ3n) is 3.27. The molecule has 2 rings (SSSR count). The van der Waals surface area contributed by atoms with Crippen LogP contribution in [0, 0.1) is 12.5 Å². The minimum Gasteiger partial charge on any atom is -0.408 e. The van der Waals surface area contributed by atoms with Crippen LogP contribution >= 0.6 is 0 Å². The molecule has 1 aromatic carbocycles. The van der Waals surface area contributed by atoms with Crippen LogP contribution in [-0.4, -0.2) is 43.5 Å². The summed E-state index contributed by atoms with van der Waals surface area (Å²) < 4.78 is 4.96. The summed E-state index contributed by atoms with van der Waals surface area (Å²) in [6.07, 6.45) is 7.19. The van der Waals surface area contributed by atoms with Crippen molar-refractivity contribution in [2.75, 3.05) is 43.4 Å². The molecule has 0 bridgehead atoms. The first-order valence-corrected chi connectivity index (χ1v) is 6.37. The van der Waals surface area contributed by atoms with Gasteiger partial charge in [-0.25, -0.2) is 0 Å². The Bertz CT molecular complexity index is 530. The summed E-state index contributed by atoms with van der Waals surface area (Å²) in [5.74, 6) is 0.259. The van der Waals surface area contributed by atoms with Crippen molar-refractivity contribution in [2.45, 2.75) is 0 Å². The third kappa shape index (κ3) is 3.33. The van der Waals surface area contributed by atoms with Crippen LogP contribution in [-0.2, 0) is 4.79 Å². The molecule has 1 saturated heterocycles. The van der Waals surface area contributed by atoms with E-state index < -0.39 is 0 Å². The van der Waals surface area contributed by atoms with E-state index in [-0.39, 0.29) is 5.91 Å². The van der Waals surface area contributed by atoms with E-state index in [1.54, 1.807) is 12.1 Å². The molecule has 0 aliphatic carbocycles. The van der Waals surface area contributed by atoms with Crippen molar-refractivity contribution in [1.29, 1.82) is 0 Å². The number of anilines is 2. The van der Waals surface area contributed by atoms with Gasteiger partial charge in [0.2, 0.25) is 5.91 Å². The Kier molecular flexibility index (Phi) is 4.33. The largest absolute Gasteiger partial charge is 0.408 e. The summed E-state index contributed by atoms with van der Waals surface area (Å²) in [4.78, 5) is 15.1. The predicted molar refractivity (Wildman–Crippen MR) is 78.2 cm³/mol. The van der Waals surface area contributed by atoms with Crippen LogP contribution in [0.4, 0.5) is 11.4 Å². The van der Waals surface area contributed by atoms with Crippen LogP contribution in [0.1, 0.15) is 0 Å². The van der Waals surface area contributed by atoms with Gasteiger partial charge in [0.05, 0.1) is 17.9 Å². The van der Waals surface area contributed by atoms with Gasteiger partial charge < -0.3 is 21.1 Å². The quantitative estimate of drug-likeness (QED) is 0.589. The minimum absolute atomic E-state index is 0.297. The Hall–Kier alpha value is -2.39. The smallest absolute Gasteiger partial charge is 0.231 e.